The molecule has 3 aromatic rings. The molecule has 1 unspecified atom stereocenters. The number of fused-ring (bicyclic) bond motifs is 1. The summed E-state index contributed by atoms with van der Waals surface area (Å²) >= 11 is 0. The van der Waals surface area contributed by atoms with Crippen LogP contribution >= 0.6 is 0 Å². The summed E-state index contributed by atoms with van der Waals surface area (Å²) in [6, 6.07) is 11.1. The summed E-state index contributed by atoms with van der Waals surface area (Å²) in [6.45, 7) is 0.280. The molecule has 2 amide bonds. The topological polar surface area (TPSA) is 78.1 Å². The maximum absolute atomic E-state index is 13.0. The van der Waals surface area contributed by atoms with E-state index in [1.54, 1.807) is 30.5 Å². The molecule has 1 atom stereocenters. The lowest BCUT2D eigenvalue weighted by atomic mass is 10.1. The quantitative estimate of drug-likeness (QED) is 0.771. The molecule has 0 saturated carbocycles. The van der Waals surface area contributed by atoms with Crippen molar-refractivity contribution in [2.45, 2.75) is 6.42 Å². The molecular formula is C18H15FN4O2. The molecule has 2 heterocycles. The number of anilines is 2. The fraction of sp³-hybridized carbons (Fsp3) is 0.167. The van der Waals surface area contributed by atoms with Gasteiger partial charge < -0.3 is 10.2 Å². The lowest BCUT2D eigenvalue weighted by molar-refractivity contribution is -0.122. The van der Waals surface area contributed by atoms with Crippen LogP contribution in [-0.4, -0.2) is 28.6 Å². The maximum Gasteiger partial charge on any atom is 0.229 e. The third-order valence-electron chi connectivity index (χ3n) is 4.34. The number of amides is 2. The van der Waals surface area contributed by atoms with Gasteiger partial charge in [-0.3, -0.25) is 14.7 Å². The van der Waals surface area contributed by atoms with Crippen LogP contribution in [0.15, 0.2) is 48.7 Å². The lowest BCUT2D eigenvalue weighted by Gasteiger charge is -2.16. The van der Waals surface area contributed by atoms with Gasteiger partial charge in [-0.1, -0.05) is 0 Å². The number of nitrogens with one attached hydrogen (secondary N) is 2. The predicted molar refractivity (Wildman–Crippen MR) is 91.6 cm³/mol. The Hall–Kier alpha value is -3.22. The number of hydrogen-bond acceptors (Lipinski definition) is 3. The van der Waals surface area contributed by atoms with Crippen molar-refractivity contribution in [1.29, 1.82) is 0 Å². The zero-order valence-corrected chi connectivity index (χ0v) is 13.2. The normalized spacial score (nSPS) is 17.2. The van der Waals surface area contributed by atoms with Crippen molar-refractivity contribution < 1.29 is 14.0 Å². The molecule has 1 aliphatic rings. The molecule has 6 nitrogen and oxygen atoms in total. The number of carbonyl (C=O) groups is 2. The average molecular weight is 338 g/mol. The summed E-state index contributed by atoms with van der Waals surface area (Å²) in [5, 5.41) is 10.6. The highest BCUT2D eigenvalue weighted by Gasteiger charge is 2.35. The molecule has 25 heavy (non-hydrogen) atoms. The highest BCUT2D eigenvalue weighted by molar-refractivity contribution is 6.04. The highest BCUT2D eigenvalue weighted by atomic mass is 19.1. The number of rotatable bonds is 3. The summed E-state index contributed by atoms with van der Waals surface area (Å²) < 4.78 is 13.0. The number of halogens is 1. The average Bonchev–Trinajstić information content (AvgIpc) is 3.22. The molecule has 7 heteroatoms. The van der Waals surface area contributed by atoms with Crippen molar-refractivity contribution in [2.75, 3.05) is 16.8 Å². The minimum atomic E-state index is -0.449. The number of nitrogens with zero attached hydrogens (tertiary/aromatic N) is 2. The molecule has 2 aromatic carbocycles. The highest BCUT2D eigenvalue weighted by Crippen LogP contribution is 2.26. The van der Waals surface area contributed by atoms with E-state index >= 15 is 0 Å². The number of aromatic amines is 1. The third-order valence-corrected chi connectivity index (χ3v) is 4.34. The smallest absolute Gasteiger partial charge is 0.229 e. The minimum Gasteiger partial charge on any atom is -0.326 e. The van der Waals surface area contributed by atoms with E-state index in [1.807, 2.05) is 6.07 Å². The summed E-state index contributed by atoms with van der Waals surface area (Å²) in [6.07, 6.45) is 1.84. The molecule has 1 fully saturated rings. The van der Waals surface area contributed by atoms with Crippen molar-refractivity contribution >= 4 is 34.1 Å². The Morgan fingerprint density at radius 3 is 2.84 bits per heavy atom. The monoisotopic (exact) mass is 338 g/mol. The van der Waals surface area contributed by atoms with Gasteiger partial charge in [0.1, 0.15) is 5.82 Å². The molecule has 4 rings (SSSR count). The Bertz CT molecular complexity index is 951. The Morgan fingerprint density at radius 2 is 2.04 bits per heavy atom. The van der Waals surface area contributed by atoms with E-state index in [2.05, 4.69) is 15.5 Å². The first-order valence-corrected chi connectivity index (χ1v) is 7.90. The first-order valence-electron chi connectivity index (χ1n) is 7.90. The molecular weight excluding hydrogens is 323 g/mol. The summed E-state index contributed by atoms with van der Waals surface area (Å²) in [7, 11) is 0. The first kappa shape index (κ1) is 15.3. The van der Waals surface area contributed by atoms with Crippen LogP contribution in [0, 0.1) is 11.7 Å². The van der Waals surface area contributed by atoms with Crippen LogP contribution in [0.3, 0.4) is 0 Å². The molecule has 0 spiro atoms. The summed E-state index contributed by atoms with van der Waals surface area (Å²) in [4.78, 5) is 26.2. The van der Waals surface area contributed by atoms with Gasteiger partial charge in [0.15, 0.2) is 0 Å². The van der Waals surface area contributed by atoms with E-state index in [9.17, 15) is 14.0 Å². The predicted octanol–water partition coefficient (Wildman–Crippen LogP) is 2.69. The summed E-state index contributed by atoms with van der Waals surface area (Å²) in [5.74, 6) is -1.17. The molecule has 0 bridgehead atoms. The van der Waals surface area contributed by atoms with E-state index in [1.165, 1.54) is 17.0 Å². The number of hydrogen-bond donors (Lipinski definition) is 2. The van der Waals surface area contributed by atoms with Gasteiger partial charge in [0, 0.05) is 29.7 Å². The van der Waals surface area contributed by atoms with Crippen molar-refractivity contribution in [3.8, 4) is 0 Å². The number of carbonyl (C=O) groups excluding carboxylic acids is 2. The van der Waals surface area contributed by atoms with Gasteiger partial charge in [0.2, 0.25) is 11.8 Å². The SMILES string of the molecule is O=C(Nc1ccc2cn[nH]c2c1)C1CC(=O)N(c2ccc(F)cc2)C1. The van der Waals surface area contributed by atoms with Crippen molar-refractivity contribution in [1.82, 2.24) is 10.2 Å². The number of aromatic nitrogens is 2. The van der Waals surface area contributed by atoms with Crippen LogP contribution in [0.1, 0.15) is 6.42 Å². The first-order chi connectivity index (χ1) is 12.1. The fourth-order valence-corrected chi connectivity index (χ4v) is 3.01. The second kappa shape index (κ2) is 6.01. The molecule has 1 aromatic heterocycles. The zero-order chi connectivity index (χ0) is 17.4. The van der Waals surface area contributed by atoms with Gasteiger partial charge in [-0.15, -0.1) is 0 Å². The van der Waals surface area contributed by atoms with E-state index in [0.717, 1.165) is 10.9 Å². The van der Waals surface area contributed by atoms with E-state index in [0.29, 0.717) is 11.4 Å². The molecule has 2 N–H and O–H groups in total. The molecule has 0 radical (unpaired) electrons. The van der Waals surface area contributed by atoms with Crippen molar-refractivity contribution in [3.63, 3.8) is 0 Å². The summed E-state index contributed by atoms with van der Waals surface area (Å²) in [5.41, 5.74) is 2.07. The molecule has 126 valence electrons. The second-order valence-electron chi connectivity index (χ2n) is 6.04. The molecule has 1 saturated heterocycles. The Kier molecular flexibility index (Phi) is 3.68. The Labute approximate surface area is 142 Å². The van der Waals surface area contributed by atoms with Gasteiger partial charge >= 0.3 is 0 Å². The van der Waals surface area contributed by atoms with E-state index < -0.39 is 5.92 Å². The van der Waals surface area contributed by atoms with Crippen LogP contribution < -0.4 is 10.2 Å². The molecule has 0 aliphatic carbocycles. The molecule has 1 aliphatic heterocycles. The van der Waals surface area contributed by atoms with Gasteiger partial charge in [-0.05, 0) is 42.5 Å². The van der Waals surface area contributed by atoms with Gasteiger partial charge in [0.25, 0.3) is 0 Å². The van der Waals surface area contributed by atoms with Crippen LogP contribution in [0.5, 0.6) is 0 Å². The zero-order valence-electron chi connectivity index (χ0n) is 13.2. The third kappa shape index (κ3) is 2.96. The lowest BCUT2D eigenvalue weighted by Crippen LogP contribution is -2.28. The van der Waals surface area contributed by atoms with Crippen LogP contribution in [-0.2, 0) is 9.59 Å². The van der Waals surface area contributed by atoms with Gasteiger partial charge in [-0.25, -0.2) is 4.39 Å². The fourth-order valence-electron chi connectivity index (χ4n) is 3.01. The van der Waals surface area contributed by atoms with Crippen LogP contribution in [0.2, 0.25) is 0 Å². The second-order valence-corrected chi connectivity index (χ2v) is 6.04. The minimum absolute atomic E-state index is 0.134. The Balaban J connectivity index is 1.47. The largest absolute Gasteiger partial charge is 0.326 e. The Morgan fingerprint density at radius 1 is 1.24 bits per heavy atom. The van der Waals surface area contributed by atoms with Crippen LogP contribution in [0.25, 0.3) is 10.9 Å². The number of benzene rings is 2. The van der Waals surface area contributed by atoms with E-state index in [4.69, 9.17) is 0 Å². The maximum atomic E-state index is 13.0. The van der Waals surface area contributed by atoms with Crippen molar-refractivity contribution in [3.05, 3.63) is 54.5 Å². The van der Waals surface area contributed by atoms with Crippen molar-refractivity contribution in [2.24, 2.45) is 5.92 Å². The standard InChI is InChI=1S/C18H15FN4O2/c19-13-2-5-15(6-3-13)23-10-12(7-17(23)24)18(25)21-14-4-1-11-9-20-22-16(11)8-14/h1-6,8-9,12H,7,10H2,(H,20,22)(H,21,25). The van der Waals surface area contributed by atoms with Gasteiger partial charge in [-0.2, -0.15) is 5.10 Å². The number of H-pyrrole nitrogens is 1. The van der Waals surface area contributed by atoms with Crippen LogP contribution in [0.4, 0.5) is 15.8 Å². The van der Waals surface area contributed by atoms with E-state index in [-0.39, 0.29) is 30.6 Å². The van der Waals surface area contributed by atoms with Gasteiger partial charge in [0.05, 0.1) is 17.6 Å².